The van der Waals surface area contributed by atoms with E-state index in [1.165, 1.54) is 6.92 Å². The van der Waals surface area contributed by atoms with Crippen molar-refractivity contribution in [3.63, 3.8) is 0 Å². The molecule has 0 aromatic heterocycles. The molecule has 3 unspecified atom stereocenters. The molecule has 0 radical (unpaired) electrons. The predicted octanol–water partition coefficient (Wildman–Crippen LogP) is -4.45. The Kier molecular flexibility index (Phi) is 11.1. The van der Waals surface area contributed by atoms with Crippen molar-refractivity contribution >= 4 is 29.7 Å². The Hall–Kier alpha value is -2.93. The van der Waals surface area contributed by atoms with E-state index in [-0.39, 0.29) is 25.5 Å². The quantitative estimate of drug-likeness (QED) is 0.0911. The lowest BCUT2D eigenvalue weighted by atomic mass is 10.1. The fourth-order valence-corrected chi connectivity index (χ4v) is 1.89. The first-order valence-corrected chi connectivity index (χ1v) is 8.11. The van der Waals surface area contributed by atoms with Gasteiger partial charge in [-0.15, -0.1) is 0 Å². The molecule has 0 saturated carbocycles. The number of aliphatic imine (C=N–C) groups is 1. The van der Waals surface area contributed by atoms with E-state index in [2.05, 4.69) is 20.9 Å². The average molecular weight is 389 g/mol. The molecular formula is C14H27N7O6. The molecule has 0 aliphatic rings. The van der Waals surface area contributed by atoms with E-state index in [0.717, 1.165) is 0 Å². The summed E-state index contributed by atoms with van der Waals surface area (Å²) >= 11 is 0. The second-order valence-electron chi connectivity index (χ2n) is 5.59. The van der Waals surface area contributed by atoms with Crippen LogP contribution in [0.5, 0.6) is 0 Å². The van der Waals surface area contributed by atoms with Crippen molar-refractivity contribution in [1.82, 2.24) is 16.0 Å². The van der Waals surface area contributed by atoms with Crippen LogP contribution in [-0.4, -0.2) is 77.7 Å². The van der Waals surface area contributed by atoms with Crippen LogP contribution in [0.3, 0.4) is 0 Å². The molecule has 3 amide bonds. The zero-order valence-corrected chi connectivity index (χ0v) is 15.0. The molecule has 0 aromatic carbocycles. The summed E-state index contributed by atoms with van der Waals surface area (Å²) in [5, 5.41) is 24.8. The number of aliphatic carboxylic acids is 1. The minimum Gasteiger partial charge on any atom is -0.480 e. The molecule has 0 fully saturated rings. The lowest BCUT2D eigenvalue weighted by Gasteiger charge is -2.22. The van der Waals surface area contributed by atoms with Crippen molar-refractivity contribution in [2.24, 2.45) is 22.2 Å². The minimum atomic E-state index is -1.52. The van der Waals surface area contributed by atoms with E-state index in [1.54, 1.807) is 0 Å². The lowest BCUT2D eigenvalue weighted by molar-refractivity contribution is -0.143. The van der Waals surface area contributed by atoms with Crippen LogP contribution >= 0.6 is 0 Å². The van der Waals surface area contributed by atoms with Gasteiger partial charge < -0.3 is 43.4 Å². The van der Waals surface area contributed by atoms with Crippen LogP contribution in [0.1, 0.15) is 19.8 Å². The highest BCUT2D eigenvalue weighted by molar-refractivity contribution is 5.93. The SMILES string of the molecule is CC(NC(=O)CN)C(=O)NC(CCCN=C(N)N)C(=O)NC(CO)C(=O)O. The zero-order valence-electron chi connectivity index (χ0n) is 15.0. The molecule has 0 aliphatic carbocycles. The highest BCUT2D eigenvalue weighted by atomic mass is 16.4. The molecular weight excluding hydrogens is 362 g/mol. The number of hydrogen-bond donors (Lipinski definition) is 8. The number of amides is 3. The number of carboxylic acids is 1. The van der Waals surface area contributed by atoms with Gasteiger partial charge in [-0.05, 0) is 19.8 Å². The molecule has 0 rings (SSSR count). The molecule has 0 bridgehead atoms. The van der Waals surface area contributed by atoms with Crippen LogP contribution in [-0.2, 0) is 19.2 Å². The van der Waals surface area contributed by atoms with E-state index in [0.29, 0.717) is 6.42 Å². The Balaban J connectivity index is 5.02. The summed E-state index contributed by atoms with van der Waals surface area (Å²) in [7, 11) is 0. The van der Waals surface area contributed by atoms with E-state index < -0.39 is 48.4 Å². The van der Waals surface area contributed by atoms with Crippen LogP contribution in [0.4, 0.5) is 0 Å². The predicted molar refractivity (Wildman–Crippen MR) is 95.2 cm³/mol. The summed E-state index contributed by atoms with van der Waals surface area (Å²) in [6, 6.07) is -3.62. The van der Waals surface area contributed by atoms with Gasteiger partial charge in [0.05, 0.1) is 13.2 Å². The number of carbonyl (C=O) groups excluding carboxylic acids is 3. The largest absolute Gasteiger partial charge is 0.480 e. The molecule has 154 valence electrons. The number of carboxylic acid groups (broad SMARTS) is 1. The molecule has 3 atom stereocenters. The topological polar surface area (TPSA) is 235 Å². The van der Waals surface area contributed by atoms with Gasteiger partial charge in [0.15, 0.2) is 5.96 Å². The van der Waals surface area contributed by atoms with Crippen molar-refractivity contribution in [1.29, 1.82) is 0 Å². The monoisotopic (exact) mass is 389 g/mol. The first-order valence-electron chi connectivity index (χ1n) is 8.11. The number of nitrogens with zero attached hydrogens (tertiary/aromatic N) is 1. The summed E-state index contributed by atoms with van der Waals surface area (Å²) in [5.41, 5.74) is 15.6. The normalized spacial score (nSPS) is 13.6. The number of hydrogen-bond acceptors (Lipinski definition) is 7. The Labute approximate surface area is 155 Å². The third kappa shape index (κ3) is 9.96. The van der Waals surface area contributed by atoms with Gasteiger partial charge >= 0.3 is 5.97 Å². The Morgan fingerprint density at radius 3 is 2.11 bits per heavy atom. The van der Waals surface area contributed by atoms with E-state index in [9.17, 15) is 19.2 Å². The average Bonchev–Trinajstić information content (AvgIpc) is 2.60. The van der Waals surface area contributed by atoms with Gasteiger partial charge in [0, 0.05) is 6.54 Å². The summed E-state index contributed by atoms with van der Waals surface area (Å²) < 4.78 is 0. The van der Waals surface area contributed by atoms with E-state index in [1.807, 2.05) is 0 Å². The molecule has 27 heavy (non-hydrogen) atoms. The lowest BCUT2D eigenvalue weighted by Crippen LogP contribution is -2.56. The van der Waals surface area contributed by atoms with E-state index in [4.69, 9.17) is 27.4 Å². The second kappa shape index (κ2) is 12.4. The van der Waals surface area contributed by atoms with Crippen LogP contribution < -0.4 is 33.2 Å². The van der Waals surface area contributed by atoms with E-state index >= 15 is 0 Å². The Bertz CT molecular complexity index is 564. The first kappa shape index (κ1) is 24.1. The molecule has 0 aromatic rings. The molecule has 0 heterocycles. The zero-order chi connectivity index (χ0) is 21.0. The van der Waals surface area contributed by atoms with Crippen LogP contribution in [0.25, 0.3) is 0 Å². The van der Waals surface area contributed by atoms with Gasteiger partial charge in [-0.1, -0.05) is 0 Å². The van der Waals surface area contributed by atoms with Crippen molar-refractivity contribution < 1.29 is 29.4 Å². The van der Waals surface area contributed by atoms with Gasteiger partial charge in [0.1, 0.15) is 18.1 Å². The van der Waals surface area contributed by atoms with Crippen molar-refractivity contribution in [3.8, 4) is 0 Å². The smallest absolute Gasteiger partial charge is 0.328 e. The molecule has 11 N–H and O–H groups in total. The number of aliphatic hydroxyl groups excluding tert-OH is 1. The number of nitrogens with two attached hydrogens (primary N) is 3. The van der Waals surface area contributed by atoms with Crippen LogP contribution in [0.15, 0.2) is 4.99 Å². The minimum absolute atomic E-state index is 0.0870. The number of rotatable bonds is 12. The first-order chi connectivity index (χ1) is 12.6. The van der Waals surface area contributed by atoms with Crippen molar-refractivity contribution in [2.45, 2.75) is 37.9 Å². The molecule has 0 spiro atoms. The summed E-state index contributed by atoms with van der Waals surface area (Å²) in [6.07, 6.45) is 0.389. The van der Waals surface area contributed by atoms with Gasteiger partial charge in [-0.3, -0.25) is 19.4 Å². The van der Waals surface area contributed by atoms with Gasteiger partial charge in [0.25, 0.3) is 0 Å². The fraction of sp³-hybridized carbons (Fsp3) is 0.643. The third-order valence-corrected chi connectivity index (χ3v) is 3.33. The van der Waals surface area contributed by atoms with Crippen molar-refractivity contribution in [3.05, 3.63) is 0 Å². The Morgan fingerprint density at radius 2 is 1.63 bits per heavy atom. The second-order valence-corrected chi connectivity index (χ2v) is 5.59. The summed E-state index contributed by atoms with van der Waals surface area (Å²) in [4.78, 5) is 50.4. The molecule has 13 nitrogen and oxygen atoms in total. The van der Waals surface area contributed by atoms with Gasteiger partial charge in [-0.25, -0.2) is 4.79 Å². The summed E-state index contributed by atoms with van der Waals surface area (Å²) in [5.74, 6) is -3.61. The standard InChI is InChI=1S/C14H27N7O6/c1-7(19-10(23)5-15)11(24)20-8(3-2-4-18-14(16)17)12(25)21-9(6-22)13(26)27/h7-9,22H,2-6,15H2,1H3,(H,19,23)(H,20,24)(H,21,25)(H,26,27)(H4,16,17,18). The summed E-state index contributed by atoms with van der Waals surface area (Å²) in [6.45, 7) is 0.449. The van der Waals surface area contributed by atoms with Crippen LogP contribution in [0, 0.1) is 0 Å². The maximum Gasteiger partial charge on any atom is 0.328 e. The highest BCUT2D eigenvalue weighted by Gasteiger charge is 2.27. The number of guanidine groups is 1. The maximum atomic E-state index is 12.3. The Morgan fingerprint density at radius 1 is 1.04 bits per heavy atom. The molecule has 0 saturated heterocycles. The molecule has 0 aliphatic heterocycles. The van der Waals surface area contributed by atoms with Crippen molar-refractivity contribution in [2.75, 3.05) is 19.7 Å². The molecule has 13 heteroatoms. The number of nitrogens with one attached hydrogen (secondary N) is 3. The third-order valence-electron chi connectivity index (χ3n) is 3.33. The van der Waals surface area contributed by atoms with Gasteiger partial charge in [-0.2, -0.15) is 0 Å². The van der Waals surface area contributed by atoms with Gasteiger partial charge in [0.2, 0.25) is 17.7 Å². The highest BCUT2D eigenvalue weighted by Crippen LogP contribution is 2.01. The maximum absolute atomic E-state index is 12.3. The number of carbonyl (C=O) groups is 4. The van der Waals surface area contributed by atoms with Crippen LogP contribution in [0.2, 0.25) is 0 Å². The fourth-order valence-electron chi connectivity index (χ4n) is 1.89. The number of aliphatic hydroxyl groups is 1.